The fourth-order valence-corrected chi connectivity index (χ4v) is 4.76. The van der Waals surface area contributed by atoms with Crippen LogP contribution in [0.15, 0.2) is 59.5 Å². The van der Waals surface area contributed by atoms with Crippen molar-refractivity contribution in [2.45, 2.75) is 50.6 Å². The first-order valence-corrected chi connectivity index (χ1v) is 10.9. The van der Waals surface area contributed by atoms with Crippen LogP contribution in [0.3, 0.4) is 0 Å². The minimum absolute atomic E-state index is 0.182. The largest absolute Gasteiger partial charge is 0.464 e. The molecular formula is C25H31N3O2. The molecule has 0 N–H and O–H groups in total. The van der Waals surface area contributed by atoms with Crippen molar-refractivity contribution >= 4 is 16.9 Å². The van der Waals surface area contributed by atoms with E-state index in [0.717, 1.165) is 42.3 Å². The third-order valence-electron chi connectivity index (χ3n) is 6.55. The molecule has 5 heteroatoms. The van der Waals surface area contributed by atoms with Crippen LogP contribution in [0.2, 0.25) is 0 Å². The zero-order valence-electron chi connectivity index (χ0n) is 18.0. The van der Waals surface area contributed by atoms with Crippen molar-refractivity contribution in [1.29, 1.82) is 0 Å². The zero-order valence-corrected chi connectivity index (χ0v) is 18.0. The number of nitrogens with zero attached hydrogens (tertiary/aromatic N) is 3. The summed E-state index contributed by atoms with van der Waals surface area (Å²) in [5.41, 5.74) is 3.14. The van der Waals surface area contributed by atoms with E-state index in [1.165, 1.54) is 18.4 Å². The second-order valence-corrected chi connectivity index (χ2v) is 8.44. The van der Waals surface area contributed by atoms with Gasteiger partial charge in [0.25, 0.3) is 0 Å². The van der Waals surface area contributed by atoms with Crippen LogP contribution in [0, 0.1) is 0 Å². The predicted molar refractivity (Wildman–Crippen MR) is 119 cm³/mol. The SMILES string of the molecule is CN(CCc1cccnc1)[C@H]1CCCC[C@@H]1N(C)C(=O)Cc1cccc2occc12. The summed E-state index contributed by atoms with van der Waals surface area (Å²) in [6.45, 7) is 0.975. The molecule has 1 aromatic carbocycles. The second kappa shape index (κ2) is 9.43. The molecule has 1 amide bonds. The number of carbonyl (C=O) groups is 1. The number of rotatable bonds is 7. The lowest BCUT2D eigenvalue weighted by Crippen LogP contribution is -2.53. The summed E-state index contributed by atoms with van der Waals surface area (Å²) in [6, 6.07) is 12.7. The third-order valence-corrected chi connectivity index (χ3v) is 6.55. The standard InChI is InChI=1S/C25H31N3O2/c1-27(15-12-19-7-6-14-26-18-19)22-9-3-4-10-23(22)28(2)25(29)17-20-8-5-11-24-21(20)13-16-30-24/h5-8,11,13-14,16,18,22-23H,3-4,9-10,12,15,17H2,1-2H3/t22-,23-/m0/s1. The maximum absolute atomic E-state index is 13.2. The number of hydrogen-bond donors (Lipinski definition) is 0. The summed E-state index contributed by atoms with van der Waals surface area (Å²) in [7, 11) is 4.18. The van der Waals surface area contributed by atoms with Gasteiger partial charge in [-0.2, -0.15) is 0 Å². The first kappa shape index (κ1) is 20.6. The smallest absolute Gasteiger partial charge is 0.227 e. The normalized spacial score (nSPS) is 19.3. The van der Waals surface area contributed by atoms with Gasteiger partial charge in [0.15, 0.2) is 0 Å². The molecule has 1 fully saturated rings. The zero-order chi connectivity index (χ0) is 20.9. The summed E-state index contributed by atoms with van der Waals surface area (Å²) < 4.78 is 5.49. The molecule has 0 bridgehead atoms. The van der Waals surface area contributed by atoms with Gasteiger partial charge in [-0.25, -0.2) is 0 Å². The molecule has 2 heterocycles. The Hall–Kier alpha value is -2.66. The van der Waals surface area contributed by atoms with Crippen molar-refractivity contribution < 1.29 is 9.21 Å². The fraction of sp³-hybridized carbons (Fsp3) is 0.440. The molecule has 0 spiro atoms. The molecule has 5 nitrogen and oxygen atoms in total. The Bertz CT molecular complexity index is 969. The highest BCUT2D eigenvalue weighted by Crippen LogP contribution is 2.27. The Morgan fingerprint density at radius 3 is 2.73 bits per heavy atom. The van der Waals surface area contributed by atoms with E-state index in [2.05, 4.69) is 23.0 Å². The van der Waals surface area contributed by atoms with Gasteiger partial charge < -0.3 is 14.2 Å². The first-order chi connectivity index (χ1) is 14.6. The Balaban J connectivity index is 1.42. The molecule has 0 unspecified atom stereocenters. The maximum Gasteiger partial charge on any atom is 0.227 e. The molecule has 1 aliphatic rings. The Labute approximate surface area is 178 Å². The average Bonchev–Trinajstić information content (AvgIpc) is 3.27. The average molecular weight is 406 g/mol. The molecule has 158 valence electrons. The van der Waals surface area contributed by atoms with Crippen molar-refractivity contribution in [1.82, 2.24) is 14.8 Å². The van der Waals surface area contributed by atoms with E-state index in [1.807, 2.05) is 54.7 Å². The van der Waals surface area contributed by atoms with Crippen LogP contribution < -0.4 is 0 Å². The van der Waals surface area contributed by atoms with Crippen LogP contribution in [-0.2, 0) is 17.6 Å². The summed E-state index contributed by atoms with van der Waals surface area (Å²) in [4.78, 5) is 21.9. The van der Waals surface area contributed by atoms with Gasteiger partial charge in [-0.1, -0.05) is 31.0 Å². The summed E-state index contributed by atoms with van der Waals surface area (Å²) >= 11 is 0. The molecule has 3 aromatic rings. The van der Waals surface area contributed by atoms with E-state index in [-0.39, 0.29) is 11.9 Å². The van der Waals surface area contributed by atoms with Crippen molar-refractivity contribution in [3.05, 3.63) is 66.2 Å². The van der Waals surface area contributed by atoms with Gasteiger partial charge in [-0.05, 0) is 55.6 Å². The van der Waals surface area contributed by atoms with Crippen LogP contribution in [-0.4, -0.2) is 53.4 Å². The lowest BCUT2D eigenvalue weighted by atomic mass is 9.88. The Morgan fingerprint density at radius 1 is 1.10 bits per heavy atom. The number of hydrogen-bond acceptors (Lipinski definition) is 4. The lowest BCUT2D eigenvalue weighted by molar-refractivity contribution is -0.133. The van der Waals surface area contributed by atoms with Gasteiger partial charge in [0.05, 0.1) is 12.7 Å². The molecule has 0 radical (unpaired) electrons. The number of benzene rings is 1. The molecule has 2 aromatic heterocycles. The van der Waals surface area contributed by atoms with E-state index in [9.17, 15) is 4.79 Å². The summed E-state index contributed by atoms with van der Waals surface area (Å²) in [5, 5.41) is 1.04. The molecule has 0 aliphatic heterocycles. The number of carbonyl (C=O) groups excluding carboxylic acids is 1. The van der Waals surface area contributed by atoms with Crippen molar-refractivity contribution in [3.8, 4) is 0 Å². The predicted octanol–water partition coefficient (Wildman–Crippen LogP) is 4.31. The van der Waals surface area contributed by atoms with Gasteiger partial charge in [0.1, 0.15) is 5.58 Å². The highest BCUT2D eigenvalue weighted by Gasteiger charge is 2.33. The molecular weight excluding hydrogens is 374 g/mol. The number of fused-ring (bicyclic) bond motifs is 1. The molecule has 1 aliphatic carbocycles. The van der Waals surface area contributed by atoms with Gasteiger partial charge in [0, 0.05) is 43.5 Å². The quantitative estimate of drug-likeness (QED) is 0.588. The van der Waals surface area contributed by atoms with Crippen molar-refractivity contribution in [3.63, 3.8) is 0 Å². The summed E-state index contributed by atoms with van der Waals surface area (Å²) in [5.74, 6) is 0.182. The van der Waals surface area contributed by atoms with Crippen LogP contribution in [0.1, 0.15) is 36.8 Å². The van der Waals surface area contributed by atoms with Gasteiger partial charge in [-0.15, -0.1) is 0 Å². The van der Waals surface area contributed by atoms with Crippen LogP contribution in [0.4, 0.5) is 0 Å². The number of likely N-dealkylation sites (N-methyl/N-ethyl adjacent to an activating group) is 2. The van der Waals surface area contributed by atoms with Gasteiger partial charge >= 0.3 is 0 Å². The number of aromatic nitrogens is 1. The minimum Gasteiger partial charge on any atom is -0.464 e. The van der Waals surface area contributed by atoms with Crippen molar-refractivity contribution in [2.75, 3.05) is 20.6 Å². The molecule has 0 saturated heterocycles. The fourth-order valence-electron chi connectivity index (χ4n) is 4.76. The second-order valence-electron chi connectivity index (χ2n) is 8.44. The van der Waals surface area contributed by atoms with Crippen LogP contribution in [0.25, 0.3) is 11.0 Å². The highest BCUT2D eigenvalue weighted by molar-refractivity contribution is 5.87. The van der Waals surface area contributed by atoms with Gasteiger partial charge in [0.2, 0.25) is 5.91 Å². The molecule has 30 heavy (non-hydrogen) atoms. The van der Waals surface area contributed by atoms with E-state index < -0.39 is 0 Å². The van der Waals surface area contributed by atoms with Gasteiger partial charge in [-0.3, -0.25) is 9.78 Å². The van der Waals surface area contributed by atoms with E-state index >= 15 is 0 Å². The van der Waals surface area contributed by atoms with E-state index in [4.69, 9.17) is 4.42 Å². The first-order valence-electron chi connectivity index (χ1n) is 10.9. The number of furan rings is 1. The molecule has 4 rings (SSSR count). The Morgan fingerprint density at radius 2 is 1.93 bits per heavy atom. The maximum atomic E-state index is 13.2. The topological polar surface area (TPSA) is 49.6 Å². The van der Waals surface area contributed by atoms with Crippen molar-refractivity contribution in [2.24, 2.45) is 0 Å². The third kappa shape index (κ3) is 4.57. The summed E-state index contributed by atoms with van der Waals surface area (Å²) in [6.07, 6.45) is 11.5. The van der Waals surface area contributed by atoms with Crippen LogP contribution in [0.5, 0.6) is 0 Å². The minimum atomic E-state index is 0.182. The van der Waals surface area contributed by atoms with Crippen LogP contribution >= 0.6 is 0 Å². The molecule has 1 saturated carbocycles. The lowest BCUT2D eigenvalue weighted by Gasteiger charge is -2.42. The van der Waals surface area contributed by atoms with E-state index in [1.54, 1.807) is 6.26 Å². The Kier molecular flexibility index (Phi) is 6.48. The van der Waals surface area contributed by atoms with E-state index in [0.29, 0.717) is 12.5 Å². The molecule has 2 atom stereocenters. The number of amides is 1. The monoisotopic (exact) mass is 405 g/mol. The highest BCUT2D eigenvalue weighted by atomic mass is 16.3. The number of pyridine rings is 1.